The van der Waals surface area contributed by atoms with Crippen molar-refractivity contribution in [3.8, 4) is 0 Å². The smallest absolute Gasteiger partial charge is 0.187 e. The monoisotopic (exact) mass is 1140 g/mol. The fraction of sp³-hybridized carbons (Fsp3) is 0.963. The number of hydrogen-bond donors (Lipinski definition) is 17. The van der Waals surface area contributed by atoms with Gasteiger partial charge in [0, 0.05) is 5.41 Å². The molecule has 0 amide bonds. The first-order valence-corrected chi connectivity index (χ1v) is 28.1. The SMILES string of the molecule is C[C@H]([C@H](O)[C@@H](O)[C@@H](O)C(C)(C)O[C@@H]1O[C@H](CO)[C@H](O)[C@@H](O)[C@@H]1O)[C@H]1CC[C@@]2(C)C3CC=C4C(CC[C@H](O[C@@H]5O[C@H](CO[C@@H]6O[C@H](CO)[C@@H](O)[C@H](O)[C@H]6O)[C@@H](O)[C@H](O[C@@H]6O[C@H](CO)[C@@H](O)[C@H](O)[C@H]6O)[C@H]5O)C4(C)C)[C@]3(C)CC[C@]12C. The zero-order chi connectivity index (χ0) is 58.4. The summed E-state index contributed by atoms with van der Waals surface area (Å²) in [6.45, 7) is 13.0. The lowest BCUT2D eigenvalue weighted by Gasteiger charge is -2.66. The molecule has 0 bridgehead atoms. The molecular weight excluding hydrogens is 1050 g/mol. The Bertz CT molecular complexity index is 2060. The van der Waals surface area contributed by atoms with E-state index >= 15 is 0 Å². The van der Waals surface area contributed by atoms with Crippen LogP contribution in [0, 0.1) is 45.3 Å². The number of aliphatic hydroxyl groups is 17. The third kappa shape index (κ3) is 11.1. The summed E-state index contributed by atoms with van der Waals surface area (Å²) < 4.78 is 47.2. The maximum Gasteiger partial charge on any atom is 0.187 e. The Hall–Kier alpha value is -1.26. The summed E-state index contributed by atoms with van der Waals surface area (Å²) >= 11 is 0. The van der Waals surface area contributed by atoms with Gasteiger partial charge < -0.3 is 125 Å². The van der Waals surface area contributed by atoms with Gasteiger partial charge in [0.25, 0.3) is 0 Å². The maximum atomic E-state index is 12.0. The Morgan fingerprint density at radius 1 is 0.557 bits per heavy atom. The lowest BCUT2D eigenvalue weighted by molar-refractivity contribution is -0.372. The summed E-state index contributed by atoms with van der Waals surface area (Å²) in [4.78, 5) is 0. The van der Waals surface area contributed by atoms with Crippen LogP contribution < -0.4 is 0 Å². The average molecular weight is 1140 g/mol. The highest BCUT2D eigenvalue weighted by Crippen LogP contribution is 2.75. The van der Waals surface area contributed by atoms with Crippen LogP contribution >= 0.6 is 0 Å². The molecule has 4 aliphatic carbocycles. The highest BCUT2D eigenvalue weighted by molar-refractivity contribution is 5.30. The molecule has 7 fully saturated rings. The molecule has 4 saturated heterocycles. The Kier molecular flexibility index (Phi) is 19.3. The minimum Gasteiger partial charge on any atom is -0.394 e. The lowest BCUT2D eigenvalue weighted by atomic mass is 9.39. The van der Waals surface area contributed by atoms with Crippen molar-refractivity contribution in [1.29, 1.82) is 0 Å². The Morgan fingerprint density at radius 2 is 1.06 bits per heavy atom. The molecule has 2 unspecified atom stereocenters. The van der Waals surface area contributed by atoms with Crippen molar-refractivity contribution in [2.24, 2.45) is 45.3 Å². The van der Waals surface area contributed by atoms with E-state index in [0.29, 0.717) is 12.8 Å². The largest absolute Gasteiger partial charge is 0.394 e. The fourth-order valence-corrected chi connectivity index (χ4v) is 15.7. The first-order chi connectivity index (χ1) is 36.9. The third-order valence-corrected chi connectivity index (χ3v) is 21.0. The number of rotatable bonds is 17. The molecule has 8 rings (SSSR count). The van der Waals surface area contributed by atoms with E-state index in [0.717, 1.165) is 32.1 Å². The number of hydrogen-bond acceptors (Lipinski definition) is 25. The van der Waals surface area contributed by atoms with E-state index < -0.39 is 191 Å². The lowest BCUT2D eigenvalue weighted by Crippen LogP contribution is -2.66. The van der Waals surface area contributed by atoms with Crippen LogP contribution in [0.5, 0.6) is 0 Å². The van der Waals surface area contributed by atoms with Gasteiger partial charge in [0.2, 0.25) is 0 Å². The summed E-state index contributed by atoms with van der Waals surface area (Å²) in [6, 6.07) is 0. The molecule has 31 atom stereocenters. The van der Waals surface area contributed by atoms with Crippen molar-refractivity contribution < 1.29 is 125 Å². The third-order valence-electron chi connectivity index (χ3n) is 21.0. The Morgan fingerprint density at radius 3 is 1.63 bits per heavy atom. The standard InChI is InChI=1S/C54H92O25/c1-21(31(58)39(66)45(71)51(4,5)79-49-42(69)38(65)34(61)27(19-57)75-49)22-13-14-54(8)29-11-9-23-24(52(29,6)15-16-53(22,54)7)10-12-30(50(23,2)3)77-48-43(70)44(78-47-41(68)37(64)33(60)26(18-56)74-47)35(62)28(76-48)20-72-46-40(67)36(63)32(59)25(17-55)73-46/h9,21-22,24-49,55-71H,10-20H2,1-8H3/t21-,22+,24?,25+,26+,27+,28+,29?,30-,31-,32+,33+,34-,35+,36-,37-,38+,39+,40+,41+,42-,43+,44-,45+,46+,47-,48-,49-,52-,53+,54-/m0/s1. The van der Waals surface area contributed by atoms with Crippen molar-refractivity contribution in [2.75, 3.05) is 26.4 Å². The van der Waals surface area contributed by atoms with Gasteiger partial charge in [-0.05, 0) is 98.7 Å². The highest BCUT2D eigenvalue weighted by atomic mass is 16.8. The van der Waals surface area contributed by atoms with E-state index in [1.54, 1.807) is 0 Å². The second-order valence-electron chi connectivity index (χ2n) is 26.0. The van der Waals surface area contributed by atoms with Crippen LogP contribution in [0.2, 0.25) is 0 Å². The van der Waals surface area contributed by atoms with Crippen LogP contribution in [0.3, 0.4) is 0 Å². The molecule has 458 valence electrons. The van der Waals surface area contributed by atoms with E-state index in [1.165, 1.54) is 19.4 Å². The van der Waals surface area contributed by atoms with Crippen LogP contribution in [0.4, 0.5) is 0 Å². The summed E-state index contributed by atoms with van der Waals surface area (Å²) in [7, 11) is 0. The molecule has 8 aliphatic rings. The summed E-state index contributed by atoms with van der Waals surface area (Å²) in [5.41, 5.74) is -1.89. The molecule has 3 saturated carbocycles. The molecule has 25 heteroatoms. The Balaban J connectivity index is 0.974. The van der Waals surface area contributed by atoms with Crippen LogP contribution in [-0.2, 0) is 37.9 Å². The zero-order valence-corrected chi connectivity index (χ0v) is 46.4. The number of ether oxygens (including phenoxy) is 8. The first kappa shape index (κ1) is 63.8. The second kappa shape index (κ2) is 23.9. The number of fused-ring (bicyclic) bond motifs is 5. The topological polar surface area (TPSA) is 418 Å². The predicted octanol–water partition coefficient (Wildman–Crippen LogP) is -4.26. The zero-order valence-electron chi connectivity index (χ0n) is 46.4. The van der Waals surface area contributed by atoms with E-state index in [1.807, 2.05) is 6.92 Å². The minimum absolute atomic E-state index is 0.0697. The van der Waals surface area contributed by atoms with E-state index in [-0.39, 0.29) is 34.0 Å². The van der Waals surface area contributed by atoms with Gasteiger partial charge >= 0.3 is 0 Å². The fourth-order valence-electron chi connectivity index (χ4n) is 15.7. The molecule has 4 aliphatic heterocycles. The van der Waals surface area contributed by atoms with Crippen molar-refractivity contribution in [3.05, 3.63) is 11.6 Å². The summed E-state index contributed by atoms with van der Waals surface area (Å²) in [5.74, 6) is -0.260. The van der Waals surface area contributed by atoms with Gasteiger partial charge in [-0.15, -0.1) is 0 Å². The summed E-state index contributed by atoms with van der Waals surface area (Å²) in [5, 5.41) is 183. The van der Waals surface area contributed by atoms with Crippen molar-refractivity contribution in [3.63, 3.8) is 0 Å². The van der Waals surface area contributed by atoms with Crippen LogP contribution in [0.25, 0.3) is 0 Å². The van der Waals surface area contributed by atoms with E-state index in [2.05, 4.69) is 40.7 Å². The van der Waals surface area contributed by atoms with Crippen molar-refractivity contribution in [2.45, 2.75) is 253 Å². The molecule has 0 spiro atoms. The predicted molar refractivity (Wildman–Crippen MR) is 269 cm³/mol. The van der Waals surface area contributed by atoms with Gasteiger partial charge in [0.15, 0.2) is 25.2 Å². The molecule has 17 N–H and O–H groups in total. The van der Waals surface area contributed by atoms with Crippen LogP contribution in [0.1, 0.15) is 100 Å². The maximum absolute atomic E-state index is 12.0. The van der Waals surface area contributed by atoms with Crippen molar-refractivity contribution in [1.82, 2.24) is 0 Å². The van der Waals surface area contributed by atoms with E-state index in [4.69, 9.17) is 37.9 Å². The summed E-state index contributed by atoms with van der Waals surface area (Å²) in [6.07, 6.45) is -31.1. The number of allylic oxidation sites excluding steroid dienone is 1. The van der Waals surface area contributed by atoms with Gasteiger partial charge in [-0.3, -0.25) is 0 Å². The molecule has 25 nitrogen and oxygen atoms in total. The second-order valence-corrected chi connectivity index (χ2v) is 26.0. The first-order valence-electron chi connectivity index (χ1n) is 28.1. The highest BCUT2D eigenvalue weighted by Gasteiger charge is 2.68. The minimum atomic E-state index is -1.91. The molecule has 0 aromatic heterocycles. The van der Waals surface area contributed by atoms with Gasteiger partial charge in [0.1, 0.15) is 110 Å². The van der Waals surface area contributed by atoms with Gasteiger partial charge in [-0.2, -0.15) is 0 Å². The molecule has 4 heterocycles. The molecular formula is C54H92O25. The van der Waals surface area contributed by atoms with Gasteiger partial charge in [0.05, 0.1) is 44.2 Å². The van der Waals surface area contributed by atoms with Gasteiger partial charge in [-0.25, -0.2) is 0 Å². The van der Waals surface area contributed by atoms with Crippen molar-refractivity contribution >= 4 is 0 Å². The molecule has 0 aromatic carbocycles. The quantitative estimate of drug-likeness (QED) is 0.0613. The molecule has 0 aromatic rings. The normalized spacial score (nSPS) is 50.8. The van der Waals surface area contributed by atoms with E-state index in [9.17, 15) is 86.8 Å². The Labute approximate surface area is 460 Å². The van der Waals surface area contributed by atoms with Gasteiger partial charge in [-0.1, -0.05) is 53.2 Å². The molecule has 79 heavy (non-hydrogen) atoms. The molecule has 0 radical (unpaired) electrons. The van der Waals surface area contributed by atoms with Crippen LogP contribution in [0.15, 0.2) is 11.6 Å². The number of aliphatic hydroxyl groups excluding tert-OH is 17. The van der Waals surface area contributed by atoms with Crippen LogP contribution in [-0.4, -0.2) is 266 Å². The average Bonchev–Trinajstić information content (AvgIpc) is 3.93.